The zero-order valence-electron chi connectivity index (χ0n) is 16.1. The van der Waals surface area contributed by atoms with Crippen LogP contribution in [0, 0.1) is 5.82 Å². The van der Waals surface area contributed by atoms with Crippen molar-refractivity contribution in [2.24, 2.45) is 0 Å². The van der Waals surface area contributed by atoms with Crippen molar-refractivity contribution in [2.45, 2.75) is 17.9 Å². The first-order valence-electron chi connectivity index (χ1n) is 8.45. The van der Waals surface area contributed by atoms with Crippen LogP contribution in [0.25, 0.3) is 0 Å². The van der Waals surface area contributed by atoms with E-state index in [1.165, 1.54) is 24.3 Å². The van der Waals surface area contributed by atoms with Gasteiger partial charge in [-0.05, 0) is 36.8 Å². The topological polar surface area (TPSA) is 150 Å². The molecule has 0 saturated heterocycles. The fourth-order valence-electron chi connectivity index (χ4n) is 2.23. The first-order valence-corrected chi connectivity index (χ1v) is 10.3. The Labute approximate surface area is 172 Å². The van der Waals surface area contributed by atoms with Gasteiger partial charge in [0, 0.05) is 12.3 Å². The van der Waals surface area contributed by atoms with E-state index in [-0.39, 0.29) is 34.9 Å². The molecule has 2 rings (SSSR count). The second-order valence-electron chi connectivity index (χ2n) is 6.08. The molecule has 2 aromatic carbocycles. The maximum absolute atomic E-state index is 13.2. The number of nitrogens with one attached hydrogen (secondary N) is 2. The Balaban J connectivity index is 0.000000656. The number of hydrogen-bond acceptors (Lipinski definition) is 6. The summed E-state index contributed by atoms with van der Waals surface area (Å²) in [6, 6.07) is 12.1. The first kappa shape index (κ1) is 24.7. The van der Waals surface area contributed by atoms with Crippen LogP contribution in [-0.2, 0) is 24.2 Å². The van der Waals surface area contributed by atoms with Crippen molar-refractivity contribution in [3.05, 3.63) is 59.9 Å². The number of rotatable bonds is 6. The largest absolute Gasteiger partial charge is 0.473 e. The summed E-state index contributed by atoms with van der Waals surface area (Å²) in [7, 11) is -3.43. The fraction of sp³-hybridized carbons (Fsp3) is 0.211. The third-order valence-electron chi connectivity index (χ3n) is 3.66. The van der Waals surface area contributed by atoms with Gasteiger partial charge in [0.15, 0.2) is 9.84 Å². The number of amides is 1. The van der Waals surface area contributed by atoms with Crippen molar-refractivity contribution in [1.82, 2.24) is 5.32 Å². The van der Waals surface area contributed by atoms with Gasteiger partial charge in [-0.2, -0.15) is 0 Å². The van der Waals surface area contributed by atoms with Gasteiger partial charge in [0.2, 0.25) is 5.91 Å². The van der Waals surface area contributed by atoms with Gasteiger partial charge >= 0.3 is 11.9 Å². The summed E-state index contributed by atoms with van der Waals surface area (Å²) in [6.45, 7) is 1.78. The van der Waals surface area contributed by atoms with E-state index in [0.29, 0.717) is 0 Å². The quantitative estimate of drug-likeness (QED) is 0.496. The molecule has 162 valence electrons. The van der Waals surface area contributed by atoms with Crippen LogP contribution in [0.15, 0.2) is 53.4 Å². The van der Waals surface area contributed by atoms with Crippen molar-refractivity contribution >= 4 is 33.4 Å². The number of sulfone groups is 1. The molecule has 2 aromatic rings. The van der Waals surface area contributed by atoms with E-state index in [0.717, 1.165) is 11.8 Å². The minimum absolute atomic E-state index is 0.0320. The molecule has 0 aromatic heterocycles. The smallest absolute Gasteiger partial charge is 0.414 e. The summed E-state index contributed by atoms with van der Waals surface area (Å²) in [5.41, 5.74) is 0.963. The lowest BCUT2D eigenvalue weighted by Gasteiger charge is -2.15. The second-order valence-corrected chi connectivity index (χ2v) is 8.07. The zero-order chi connectivity index (χ0) is 22.9. The Morgan fingerprint density at radius 1 is 1.03 bits per heavy atom. The van der Waals surface area contributed by atoms with Gasteiger partial charge in [0.25, 0.3) is 0 Å². The van der Waals surface area contributed by atoms with E-state index in [2.05, 4.69) is 10.6 Å². The average Bonchev–Trinajstić information content (AvgIpc) is 2.66. The number of anilines is 1. The molecule has 1 atom stereocenters. The maximum atomic E-state index is 13.2. The summed E-state index contributed by atoms with van der Waals surface area (Å²) in [4.78, 5) is 30.3. The highest BCUT2D eigenvalue weighted by Gasteiger charge is 2.15. The highest BCUT2D eigenvalue weighted by molar-refractivity contribution is 7.90. The van der Waals surface area contributed by atoms with Crippen LogP contribution in [0.4, 0.5) is 10.1 Å². The van der Waals surface area contributed by atoms with Crippen LogP contribution in [0.2, 0.25) is 0 Å². The Hall–Kier alpha value is -3.31. The molecule has 11 heteroatoms. The first-order chi connectivity index (χ1) is 13.9. The van der Waals surface area contributed by atoms with Gasteiger partial charge in [0.1, 0.15) is 5.82 Å². The number of para-hydroxylation sites is 1. The highest BCUT2D eigenvalue weighted by Crippen LogP contribution is 2.20. The molecule has 0 aliphatic carbocycles. The molecule has 0 bridgehead atoms. The summed E-state index contributed by atoms with van der Waals surface area (Å²) >= 11 is 0. The van der Waals surface area contributed by atoms with Crippen molar-refractivity contribution in [3.8, 4) is 0 Å². The van der Waals surface area contributed by atoms with Crippen molar-refractivity contribution < 1.29 is 37.4 Å². The molecule has 1 amide bonds. The Morgan fingerprint density at radius 3 is 2.17 bits per heavy atom. The molecular formula is C19H21FN2O7S. The number of halogens is 1. The van der Waals surface area contributed by atoms with Crippen molar-refractivity contribution in [2.75, 3.05) is 18.1 Å². The molecule has 0 radical (unpaired) electrons. The predicted molar refractivity (Wildman–Crippen MR) is 106 cm³/mol. The molecule has 0 aliphatic heterocycles. The maximum Gasteiger partial charge on any atom is 0.414 e. The molecule has 1 unspecified atom stereocenters. The lowest BCUT2D eigenvalue weighted by atomic mass is 10.1. The monoisotopic (exact) mass is 440 g/mol. The molecule has 9 nitrogen and oxygen atoms in total. The Kier molecular flexibility index (Phi) is 9.09. The van der Waals surface area contributed by atoms with E-state index in [9.17, 15) is 17.6 Å². The number of aliphatic carboxylic acids is 2. The fourth-order valence-corrected chi connectivity index (χ4v) is 3.07. The third kappa shape index (κ3) is 8.37. The third-order valence-corrected chi connectivity index (χ3v) is 4.82. The molecule has 30 heavy (non-hydrogen) atoms. The predicted octanol–water partition coefficient (Wildman–Crippen LogP) is 1.67. The summed E-state index contributed by atoms with van der Waals surface area (Å²) in [6.07, 6.45) is 1.09. The lowest BCUT2D eigenvalue weighted by molar-refractivity contribution is -0.159. The SMILES string of the molecule is CC(NCC(=O)Nc1ccccc1S(C)(=O)=O)c1cccc(F)c1.O=C(O)C(=O)O. The number of benzene rings is 2. The number of carboxylic acids is 2. The summed E-state index contributed by atoms with van der Waals surface area (Å²) < 4.78 is 36.6. The molecular weight excluding hydrogens is 419 g/mol. The second kappa shape index (κ2) is 11.0. The number of carbonyl (C=O) groups is 3. The van der Waals surface area contributed by atoms with Gasteiger partial charge in [-0.15, -0.1) is 0 Å². The van der Waals surface area contributed by atoms with E-state index < -0.39 is 21.8 Å². The van der Waals surface area contributed by atoms with Gasteiger partial charge in [-0.25, -0.2) is 22.4 Å². The Morgan fingerprint density at radius 2 is 1.63 bits per heavy atom. The van der Waals surface area contributed by atoms with E-state index in [4.69, 9.17) is 19.8 Å². The minimum Gasteiger partial charge on any atom is -0.473 e. The summed E-state index contributed by atoms with van der Waals surface area (Å²) in [5, 5.41) is 20.3. The highest BCUT2D eigenvalue weighted by atomic mass is 32.2. The number of carbonyl (C=O) groups excluding carboxylic acids is 1. The van der Waals surface area contributed by atoms with Gasteiger partial charge in [-0.3, -0.25) is 4.79 Å². The van der Waals surface area contributed by atoms with Gasteiger partial charge < -0.3 is 20.8 Å². The molecule has 0 fully saturated rings. The zero-order valence-corrected chi connectivity index (χ0v) is 16.9. The number of carboxylic acid groups (broad SMARTS) is 2. The molecule has 0 aliphatic rings. The van der Waals surface area contributed by atoms with E-state index in [1.807, 2.05) is 6.92 Å². The van der Waals surface area contributed by atoms with Gasteiger partial charge in [-0.1, -0.05) is 24.3 Å². The van der Waals surface area contributed by atoms with Gasteiger partial charge in [0.05, 0.1) is 17.1 Å². The normalized spacial score (nSPS) is 11.6. The Bertz CT molecular complexity index is 1010. The average molecular weight is 440 g/mol. The van der Waals surface area contributed by atoms with Crippen LogP contribution in [0.1, 0.15) is 18.5 Å². The standard InChI is InChI=1S/C17H19FN2O3S.C2H2O4/c1-12(13-6-5-7-14(18)10-13)19-11-17(21)20-15-8-3-4-9-16(15)24(2,22)23;3-1(4)2(5)6/h3-10,12,19H,11H2,1-2H3,(H,20,21);(H,3,4)(H,5,6). The molecule has 4 N–H and O–H groups in total. The molecule has 0 spiro atoms. The van der Waals surface area contributed by atoms with Crippen LogP contribution in [0.3, 0.4) is 0 Å². The van der Waals surface area contributed by atoms with Crippen molar-refractivity contribution in [3.63, 3.8) is 0 Å². The lowest BCUT2D eigenvalue weighted by Crippen LogP contribution is -2.30. The molecule has 0 saturated carbocycles. The molecule has 0 heterocycles. The van der Waals surface area contributed by atoms with E-state index in [1.54, 1.807) is 24.3 Å². The minimum atomic E-state index is -3.43. The summed E-state index contributed by atoms with van der Waals surface area (Å²) in [5.74, 6) is -4.37. The van der Waals surface area contributed by atoms with Crippen LogP contribution >= 0.6 is 0 Å². The van der Waals surface area contributed by atoms with Crippen molar-refractivity contribution in [1.29, 1.82) is 0 Å². The van der Waals surface area contributed by atoms with Crippen LogP contribution < -0.4 is 10.6 Å². The van der Waals surface area contributed by atoms with Crippen LogP contribution in [0.5, 0.6) is 0 Å². The number of hydrogen-bond donors (Lipinski definition) is 4. The van der Waals surface area contributed by atoms with Crippen LogP contribution in [-0.4, -0.2) is 49.3 Å². The van der Waals surface area contributed by atoms with E-state index >= 15 is 0 Å².